The molecular formula is C18H18ClNO2S. The van der Waals surface area contributed by atoms with E-state index >= 15 is 0 Å². The number of primary sulfonamides is 1. The Morgan fingerprint density at radius 3 is 1.65 bits per heavy atom. The number of hydrogen-bond donors (Lipinski definition) is 1. The van der Waals surface area contributed by atoms with Gasteiger partial charge < -0.3 is 0 Å². The van der Waals surface area contributed by atoms with Crippen LogP contribution in [-0.4, -0.2) is 8.42 Å². The van der Waals surface area contributed by atoms with Crippen LogP contribution in [0.4, 0.5) is 0 Å². The van der Waals surface area contributed by atoms with Crippen LogP contribution in [0, 0.1) is 0 Å². The molecule has 0 unspecified atom stereocenters. The van der Waals surface area contributed by atoms with Crippen LogP contribution in [0.25, 0.3) is 11.1 Å². The quantitative estimate of drug-likeness (QED) is 0.890. The number of nitrogens with two attached hydrogens (primary N) is 1. The molecule has 120 valence electrons. The Hall–Kier alpha value is -1.62. The van der Waals surface area contributed by atoms with Crippen molar-refractivity contribution in [2.45, 2.75) is 30.6 Å². The van der Waals surface area contributed by atoms with Crippen LogP contribution in [0.1, 0.15) is 36.8 Å². The molecule has 0 aliphatic heterocycles. The van der Waals surface area contributed by atoms with Gasteiger partial charge in [0.1, 0.15) is 0 Å². The van der Waals surface area contributed by atoms with E-state index in [0.29, 0.717) is 0 Å². The van der Waals surface area contributed by atoms with Gasteiger partial charge in [0.15, 0.2) is 0 Å². The fourth-order valence-electron chi connectivity index (χ4n) is 3.04. The Labute approximate surface area is 141 Å². The van der Waals surface area contributed by atoms with Gasteiger partial charge in [-0.25, -0.2) is 13.6 Å². The summed E-state index contributed by atoms with van der Waals surface area (Å²) in [5.74, 6) is 0. The number of rotatable bonds is 3. The maximum Gasteiger partial charge on any atom is 0.238 e. The highest BCUT2D eigenvalue weighted by molar-refractivity contribution is 7.89. The van der Waals surface area contributed by atoms with Gasteiger partial charge in [0.2, 0.25) is 10.0 Å². The minimum absolute atomic E-state index is 0.144. The molecule has 0 spiro atoms. The van der Waals surface area contributed by atoms with Crippen molar-refractivity contribution < 1.29 is 8.42 Å². The first kappa shape index (κ1) is 16.2. The molecule has 0 heterocycles. The van der Waals surface area contributed by atoms with Crippen LogP contribution in [0.15, 0.2) is 53.4 Å². The predicted molar refractivity (Wildman–Crippen MR) is 94.5 cm³/mol. The summed E-state index contributed by atoms with van der Waals surface area (Å²) in [4.78, 5) is 0.144. The zero-order valence-corrected chi connectivity index (χ0v) is 14.2. The van der Waals surface area contributed by atoms with E-state index in [0.717, 1.165) is 36.3 Å². The minimum atomic E-state index is -3.65. The smallest absolute Gasteiger partial charge is 0.225 e. The molecule has 1 aliphatic carbocycles. The summed E-state index contributed by atoms with van der Waals surface area (Å²) >= 11 is 5.98. The normalized spacial score (nSPS) is 15.7. The van der Waals surface area contributed by atoms with Gasteiger partial charge in [0.25, 0.3) is 0 Å². The molecule has 2 aromatic carbocycles. The summed E-state index contributed by atoms with van der Waals surface area (Å²) in [5.41, 5.74) is 4.83. The van der Waals surface area contributed by atoms with E-state index in [9.17, 15) is 8.42 Å². The van der Waals surface area contributed by atoms with Gasteiger partial charge in [-0.3, -0.25) is 0 Å². The van der Waals surface area contributed by atoms with Gasteiger partial charge in [-0.1, -0.05) is 35.9 Å². The topological polar surface area (TPSA) is 60.2 Å². The number of hydrogen-bond acceptors (Lipinski definition) is 2. The first-order valence-electron chi connectivity index (χ1n) is 7.56. The number of allylic oxidation sites excluding steroid dienone is 2. The van der Waals surface area contributed by atoms with Crippen molar-refractivity contribution in [2.24, 2.45) is 5.14 Å². The zero-order valence-electron chi connectivity index (χ0n) is 12.6. The van der Waals surface area contributed by atoms with E-state index in [1.165, 1.54) is 16.7 Å². The molecule has 5 heteroatoms. The summed E-state index contributed by atoms with van der Waals surface area (Å²) in [6.07, 6.45) is 4.32. The number of sulfonamides is 1. The Balaban J connectivity index is 2.05. The summed E-state index contributed by atoms with van der Waals surface area (Å²) in [7, 11) is -3.65. The lowest BCUT2D eigenvalue weighted by molar-refractivity contribution is 0.598. The Morgan fingerprint density at radius 1 is 0.783 bits per heavy atom. The standard InChI is InChI=1S/C18H18ClNO2S/c19-15-9-5-13(6-10-15)17-3-1-2-4-18(17)14-7-11-16(12-8-14)23(20,21)22/h5-12H,1-4H2,(H2,20,21,22). The van der Waals surface area contributed by atoms with Crippen molar-refractivity contribution in [3.05, 3.63) is 64.7 Å². The average molecular weight is 348 g/mol. The van der Waals surface area contributed by atoms with Crippen LogP contribution < -0.4 is 5.14 Å². The van der Waals surface area contributed by atoms with Crippen LogP contribution in [0.2, 0.25) is 5.02 Å². The van der Waals surface area contributed by atoms with Crippen LogP contribution in [0.5, 0.6) is 0 Å². The van der Waals surface area contributed by atoms with E-state index in [-0.39, 0.29) is 4.90 Å². The van der Waals surface area contributed by atoms with E-state index < -0.39 is 10.0 Å². The second kappa shape index (κ2) is 6.48. The highest BCUT2D eigenvalue weighted by Crippen LogP contribution is 2.38. The molecule has 3 nitrogen and oxygen atoms in total. The Morgan fingerprint density at radius 2 is 1.22 bits per heavy atom. The first-order chi connectivity index (χ1) is 10.9. The second-order valence-electron chi connectivity index (χ2n) is 5.74. The minimum Gasteiger partial charge on any atom is -0.225 e. The molecule has 0 fully saturated rings. The summed E-state index contributed by atoms with van der Waals surface area (Å²) in [6, 6.07) is 14.7. The van der Waals surface area contributed by atoms with Crippen molar-refractivity contribution in [3.8, 4) is 0 Å². The Kier molecular flexibility index (Phi) is 4.57. The molecule has 3 rings (SSSR count). The van der Waals surface area contributed by atoms with Gasteiger partial charge in [0.05, 0.1) is 4.90 Å². The van der Waals surface area contributed by atoms with Crippen LogP contribution in [-0.2, 0) is 10.0 Å². The van der Waals surface area contributed by atoms with Gasteiger partial charge in [-0.15, -0.1) is 0 Å². The highest BCUT2D eigenvalue weighted by Gasteiger charge is 2.17. The van der Waals surface area contributed by atoms with Gasteiger partial charge >= 0.3 is 0 Å². The largest absolute Gasteiger partial charge is 0.238 e. The molecule has 0 saturated heterocycles. The fraction of sp³-hybridized carbons (Fsp3) is 0.222. The lowest BCUT2D eigenvalue weighted by Crippen LogP contribution is -2.12. The molecule has 1 aliphatic rings. The maximum atomic E-state index is 11.4. The van der Waals surface area contributed by atoms with Gasteiger partial charge in [-0.2, -0.15) is 0 Å². The van der Waals surface area contributed by atoms with E-state index in [2.05, 4.69) is 0 Å². The summed E-state index contributed by atoms with van der Waals surface area (Å²) in [6.45, 7) is 0. The molecule has 23 heavy (non-hydrogen) atoms. The molecule has 0 atom stereocenters. The maximum absolute atomic E-state index is 11.4. The zero-order chi connectivity index (χ0) is 16.4. The number of halogens is 1. The molecule has 0 saturated carbocycles. The monoisotopic (exact) mass is 347 g/mol. The molecule has 0 bridgehead atoms. The van der Waals surface area contributed by atoms with Gasteiger partial charge in [-0.05, 0) is 72.2 Å². The van der Waals surface area contributed by atoms with E-state index in [1.54, 1.807) is 12.1 Å². The molecule has 0 radical (unpaired) electrons. The lowest BCUT2D eigenvalue weighted by Gasteiger charge is -2.21. The summed E-state index contributed by atoms with van der Waals surface area (Å²) < 4.78 is 22.8. The highest BCUT2D eigenvalue weighted by atomic mass is 35.5. The molecule has 2 N–H and O–H groups in total. The molecule has 0 amide bonds. The van der Waals surface area contributed by atoms with E-state index in [1.807, 2.05) is 36.4 Å². The predicted octanol–water partition coefficient (Wildman–Crippen LogP) is 4.47. The molecular weight excluding hydrogens is 330 g/mol. The molecule has 0 aromatic heterocycles. The van der Waals surface area contributed by atoms with Gasteiger partial charge in [0, 0.05) is 5.02 Å². The van der Waals surface area contributed by atoms with Crippen LogP contribution >= 0.6 is 11.6 Å². The Bertz CT molecular complexity index is 838. The van der Waals surface area contributed by atoms with E-state index in [4.69, 9.17) is 16.7 Å². The third-order valence-corrected chi connectivity index (χ3v) is 5.37. The van der Waals surface area contributed by atoms with Crippen molar-refractivity contribution in [3.63, 3.8) is 0 Å². The molecule has 2 aromatic rings. The van der Waals surface area contributed by atoms with Crippen molar-refractivity contribution in [2.75, 3.05) is 0 Å². The number of benzene rings is 2. The first-order valence-corrected chi connectivity index (χ1v) is 9.49. The fourth-order valence-corrected chi connectivity index (χ4v) is 3.68. The average Bonchev–Trinajstić information content (AvgIpc) is 2.55. The SMILES string of the molecule is NS(=O)(=O)c1ccc(C2=C(c3ccc(Cl)cc3)CCCC2)cc1. The van der Waals surface area contributed by atoms with Crippen LogP contribution in [0.3, 0.4) is 0 Å². The third-order valence-electron chi connectivity index (χ3n) is 4.19. The third kappa shape index (κ3) is 3.66. The summed E-state index contributed by atoms with van der Waals surface area (Å²) in [5, 5.41) is 5.89. The van der Waals surface area contributed by atoms with Crippen molar-refractivity contribution >= 4 is 32.8 Å². The van der Waals surface area contributed by atoms with Crippen molar-refractivity contribution in [1.29, 1.82) is 0 Å². The van der Waals surface area contributed by atoms with Crippen molar-refractivity contribution in [1.82, 2.24) is 0 Å². The lowest BCUT2D eigenvalue weighted by atomic mass is 9.84. The second-order valence-corrected chi connectivity index (χ2v) is 7.74.